The fourth-order valence-electron chi connectivity index (χ4n) is 1.24. The lowest BCUT2D eigenvalue weighted by Crippen LogP contribution is -2.36. The Morgan fingerprint density at radius 2 is 2.19 bits per heavy atom. The fourth-order valence-corrected chi connectivity index (χ4v) is 1.24. The van der Waals surface area contributed by atoms with Crippen LogP contribution < -0.4 is 15.9 Å². The molecule has 0 saturated heterocycles. The number of nitrogen functional groups attached to an aromatic ring is 1. The summed E-state index contributed by atoms with van der Waals surface area (Å²) in [5, 5.41) is 1.58. The lowest BCUT2D eigenvalue weighted by Gasteiger charge is -2.13. The van der Waals surface area contributed by atoms with E-state index in [-0.39, 0.29) is 5.91 Å². The van der Waals surface area contributed by atoms with E-state index >= 15 is 0 Å². The largest absolute Gasteiger partial charge is 0.492 e. The van der Waals surface area contributed by atoms with Gasteiger partial charge >= 0.3 is 0 Å². The topological polar surface area (TPSA) is 67.6 Å². The number of carbonyl (C=O) groups is 1. The number of ether oxygens (including phenoxy) is 1. The van der Waals surface area contributed by atoms with E-state index < -0.39 is 0 Å². The van der Waals surface area contributed by atoms with Crippen molar-refractivity contribution >= 4 is 11.6 Å². The number of hydrogen-bond donors (Lipinski definition) is 2. The molecule has 0 unspecified atom stereocenters. The summed E-state index contributed by atoms with van der Waals surface area (Å²) in [6.45, 7) is 2.43. The first-order valence-corrected chi connectivity index (χ1v) is 5.05. The standard InChI is InChI=1S/C11H17N3O2/c1-4-16-10-6-5-8(7-9(10)12)11(15)13-14(2)3/h5-7H,4,12H2,1-3H3,(H,13,15). The number of hydrazine groups is 1. The summed E-state index contributed by atoms with van der Waals surface area (Å²) in [6.07, 6.45) is 0. The molecule has 16 heavy (non-hydrogen) atoms. The highest BCUT2D eigenvalue weighted by molar-refractivity contribution is 5.95. The number of carbonyl (C=O) groups excluding carboxylic acids is 1. The summed E-state index contributed by atoms with van der Waals surface area (Å²) in [5.74, 6) is 0.406. The first-order chi connectivity index (χ1) is 7.54. The van der Waals surface area contributed by atoms with Crippen molar-refractivity contribution in [2.24, 2.45) is 0 Å². The van der Waals surface area contributed by atoms with Crippen LogP contribution in [0, 0.1) is 0 Å². The highest BCUT2D eigenvalue weighted by Crippen LogP contribution is 2.22. The minimum absolute atomic E-state index is 0.195. The van der Waals surface area contributed by atoms with Gasteiger partial charge < -0.3 is 10.5 Å². The zero-order valence-corrected chi connectivity index (χ0v) is 9.78. The van der Waals surface area contributed by atoms with Gasteiger partial charge in [0, 0.05) is 19.7 Å². The molecule has 88 valence electrons. The molecule has 0 radical (unpaired) electrons. The van der Waals surface area contributed by atoms with Crippen molar-refractivity contribution in [3.8, 4) is 5.75 Å². The lowest BCUT2D eigenvalue weighted by atomic mass is 10.2. The van der Waals surface area contributed by atoms with Crippen LogP contribution in [0.15, 0.2) is 18.2 Å². The Balaban J connectivity index is 2.84. The zero-order valence-electron chi connectivity index (χ0n) is 9.78. The average molecular weight is 223 g/mol. The van der Waals surface area contributed by atoms with E-state index in [1.165, 1.54) is 0 Å². The van der Waals surface area contributed by atoms with E-state index in [2.05, 4.69) is 5.43 Å². The van der Waals surface area contributed by atoms with E-state index in [9.17, 15) is 4.79 Å². The monoisotopic (exact) mass is 223 g/mol. The van der Waals surface area contributed by atoms with Gasteiger partial charge in [-0.15, -0.1) is 0 Å². The highest BCUT2D eigenvalue weighted by atomic mass is 16.5. The number of hydrogen-bond acceptors (Lipinski definition) is 4. The third-order valence-electron chi connectivity index (χ3n) is 1.90. The molecule has 0 aliphatic carbocycles. The van der Waals surface area contributed by atoms with E-state index in [0.29, 0.717) is 23.6 Å². The molecule has 0 heterocycles. The molecule has 5 heteroatoms. The maximum atomic E-state index is 11.6. The summed E-state index contributed by atoms with van der Waals surface area (Å²) in [6, 6.07) is 4.98. The second-order valence-electron chi connectivity index (χ2n) is 3.52. The summed E-state index contributed by atoms with van der Waals surface area (Å²) >= 11 is 0. The first kappa shape index (κ1) is 12.3. The van der Waals surface area contributed by atoms with E-state index in [1.54, 1.807) is 37.3 Å². The summed E-state index contributed by atoms with van der Waals surface area (Å²) in [5.41, 5.74) is 9.37. The van der Waals surface area contributed by atoms with Crippen LogP contribution in [0.1, 0.15) is 17.3 Å². The third-order valence-corrected chi connectivity index (χ3v) is 1.90. The Labute approximate surface area is 95.2 Å². The molecule has 1 amide bonds. The third kappa shape index (κ3) is 3.13. The van der Waals surface area contributed by atoms with Crippen molar-refractivity contribution < 1.29 is 9.53 Å². The molecule has 1 aromatic carbocycles. The summed E-state index contributed by atoms with van der Waals surface area (Å²) < 4.78 is 5.29. The lowest BCUT2D eigenvalue weighted by molar-refractivity contribution is 0.0857. The van der Waals surface area contributed by atoms with Crippen LogP contribution in [-0.2, 0) is 0 Å². The normalized spacial score (nSPS) is 10.2. The fraction of sp³-hybridized carbons (Fsp3) is 0.364. The van der Waals surface area contributed by atoms with Crippen LogP contribution >= 0.6 is 0 Å². The molecular formula is C11H17N3O2. The predicted molar refractivity (Wildman–Crippen MR) is 63.2 cm³/mol. The van der Waals surface area contributed by atoms with Crippen molar-refractivity contribution in [3.05, 3.63) is 23.8 Å². The Bertz CT molecular complexity index is 377. The van der Waals surface area contributed by atoms with Crippen LogP contribution in [0.25, 0.3) is 0 Å². The van der Waals surface area contributed by atoms with Gasteiger partial charge in [-0.05, 0) is 25.1 Å². The van der Waals surface area contributed by atoms with E-state index in [4.69, 9.17) is 10.5 Å². The summed E-state index contributed by atoms with van der Waals surface area (Å²) in [7, 11) is 3.49. The second kappa shape index (κ2) is 5.37. The van der Waals surface area contributed by atoms with Gasteiger partial charge in [-0.25, -0.2) is 5.01 Å². The predicted octanol–water partition coefficient (Wildman–Crippen LogP) is 0.874. The van der Waals surface area contributed by atoms with Gasteiger partial charge in [0.25, 0.3) is 5.91 Å². The Morgan fingerprint density at radius 3 is 2.69 bits per heavy atom. The van der Waals surface area contributed by atoms with Gasteiger partial charge in [-0.1, -0.05) is 0 Å². The molecule has 5 nitrogen and oxygen atoms in total. The van der Waals surface area contributed by atoms with E-state index in [0.717, 1.165) is 0 Å². The van der Waals surface area contributed by atoms with E-state index in [1.807, 2.05) is 6.92 Å². The Hall–Kier alpha value is -1.75. The van der Waals surface area contributed by atoms with Crippen LogP contribution in [0.3, 0.4) is 0 Å². The van der Waals surface area contributed by atoms with Crippen LogP contribution in [0.2, 0.25) is 0 Å². The highest BCUT2D eigenvalue weighted by Gasteiger charge is 2.08. The number of benzene rings is 1. The zero-order chi connectivity index (χ0) is 12.1. The minimum atomic E-state index is -0.195. The van der Waals surface area contributed by atoms with Gasteiger partial charge in [0.15, 0.2) is 0 Å². The second-order valence-corrected chi connectivity index (χ2v) is 3.52. The number of anilines is 1. The maximum Gasteiger partial charge on any atom is 0.265 e. The molecule has 0 atom stereocenters. The average Bonchev–Trinajstić information content (AvgIpc) is 2.20. The number of nitrogens with zero attached hydrogens (tertiary/aromatic N) is 1. The molecule has 0 fully saturated rings. The molecule has 1 rings (SSSR count). The smallest absolute Gasteiger partial charge is 0.265 e. The Morgan fingerprint density at radius 1 is 1.50 bits per heavy atom. The van der Waals surface area contributed by atoms with Crippen molar-refractivity contribution in [2.75, 3.05) is 26.4 Å². The van der Waals surface area contributed by atoms with Crippen LogP contribution in [0.5, 0.6) is 5.75 Å². The molecule has 0 aliphatic heterocycles. The molecule has 0 spiro atoms. The SMILES string of the molecule is CCOc1ccc(C(=O)NN(C)C)cc1N. The first-order valence-electron chi connectivity index (χ1n) is 5.05. The van der Waals surface area contributed by atoms with Gasteiger partial charge in [0.1, 0.15) is 5.75 Å². The van der Waals surface area contributed by atoms with Gasteiger partial charge in [-0.3, -0.25) is 10.2 Å². The minimum Gasteiger partial charge on any atom is -0.492 e. The number of nitrogens with two attached hydrogens (primary N) is 1. The molecular weight excluding hydrogens is 206 g/mol. The molecule has 0 bridgehead atoms. The van der Waals surface area contributed by atoms with Crippen molar-refractivity contribution in [1.82, 2.24) is 10.4 Å². The van der Waals surface area contributed by atoms with Gasteiger partial charge in [0.05, 0.1) is 12.3 Å². The summed E-state index contributed by atoms with van der Waals surface area (Å²) in [4.78, 5) is 11.6. The molecule has 0 aliphatic rings. The Kier molecular flexibility index (Phi) is 4.13. The van der Waals surface area contributed by atoms with Crippen molar-refractivity contribution in [1.29, 1.82) is 0 Å². The van der Waals surface area contributed by atoms with Gasteiger partial charge in [0.2, 0.25) is 0 Å². The molecule has 1 aromatic rings. The number of nitrogens with one attached hydrogen (secondary N) is 1. The van der Waals surface area contributed by atoms with Crippen molar-refractivity contribution in [3.63, 3.8) is 0 Å². The number of rotatable bonds is 4. The maximum absolute atomic E-state index is 11.6. The van der Waals surface area contributed by atoms with Crippen LogP contribution in [-0.4, -0.2) is 31.6 Å². The van der Waals surface area contributed by atoms with Crippen molar-refractivity contribution in [2.45, 2.75) is 6.92 Å². The van der Waals surface area contributed by atoms with Crippen LogP contribution in [0.4, 0.5) is 5.69 Å². The quantitative estimate of drug-likeness (QED) is 0.587. The van der Waals surface area contributed by atoms with Gasteiger partial charge in [-0.2, -0.15) is 0 Å². The number of amides is 1. The molecule has 0 aromatic heterocycles. The molecule has 0 saturated carbocycles. The molecule has 3 N–H and O–H groups in total.